The van der Waals surface area contributed by atoms with Crippen molar-refractivity contribution in [2.45, 2.75) is 26.4 Å². The van der Waals surface area contributed by atoms with Crippen LogP contribution in [0.15, 0.2) is 18.2 Å². The Bertz CT molecular complexity index is 445. The van der Waals surface area contributed by atoms with E-state index in [1.165, 1.54) is 7.11 Å². The van der Waals surface area contributed by atoms with Crippen LogP contribution in [0.5, 0.6) is 11.5 Å². The first-order chi connectivity index (χ1) is 9.12. The molecule has 0 fully saturated rings. The molecule has 0 radical (unpaired) electrons. The van der Waals surface area contributed by atoms with Crippen LogP contribution in [-0.2, 0) is 4.79 Å². The molecular weight excluding hydrogens is 246 g/mol. The summed E-state index contributed by atoms with van der Waals surface area (Å²) in [6.45, 7) is 4.21. The van der Waals surface area contributed by atoms with Gasteiger partial charge in [-0.25, -0.2) is 0 Å². The molecule has 1 amide bonds. The van der Waals surface area contributed by atoms with Gasteiger partial charge in [-0.2, -0.15) is 0 Å². The van der Waals surface area contributed by atoms with Gasteiger partial charge < -0.3 is 14.8 Å². The molecule has 0 spiro atoms. The standard InChI is InChI=1S/C14H19NO4/c1-4-7-15-14(17)10(2)19-13-8-12(18-3)6-5-11(13)9-16/h5-6,8-10H,4,7H2,1-3H3,(H,15,17). The third-order valence-corrected chi connectivity index (χ3v) is 2.57. The summed E-state index contributed by atoms with van der Waals surface area (Å²) >= 11 is 0. The minimum absolute atomic E-state index is 0.207. The minimum Gasteiger partial charge on any atom is -0.497 e. The molecule has 0 aromatic heterocycles. The summed E-state index contributed by atoms with van der Waals surface area (Å²) < 4.78 is 10.6. The van der Waals surface area contributed by atoms with Crippen molar-refractivity contribution in [2.75, 3.05) is 13.7 Å². The maximum Gasteiger partial charge on any atom is 0.260 e. The predicted molar refractivity (Wildman–Crippen MR) is 71.8 cm³/mol. The Morgan fingerprint density at radius 3 is 2.79 bits per heavy atom. The number of ether oxygens (including phenoxy) is 2. The van der Waals surface area contributed by atoms with E-state index in [4.69, 9.17) is 9.47 Å². The first kappa shape index (κ1) is 15.0. The molecule has 1 aromatic rings. The maximum atomic E-state index is 11.7. The van der Waals surface area contributed by atoms with Crippen LogP contribution in [0.3, 0.4) is 0 Å². The number of carbonyl (C=O) groups excluding carboxylic acids is 2. The highest BCUT2D eigenvalue weighted by atomic mass is 16.5. The smallest absolute Gasteiger partial charge is 0.260 e. The van der Waals surface area contributed by atoms with Gasteiger partial charge in [0.1, 0.15) is 11.5 Å². The molecule has 0 heterocycles. The second-order valence-corrected chi connectivity index (χ2v) is 4.07. The van der Waals surface area contributed by atoms with E-state index in [1.807, 2.05) is 6.92 Å². The van der Waals surface area contributed by atoms with Crippen LogP contribution < -0.4 is 14.8 Å². The number of hydrogen-bond donors (Lipinski definition) is 1. The van der Waals surface area contributed by atoms with Crippen LogP contribution in [0.25, 0.3) is 0 Å². The summed E-state index contributed by atoms with van der Waals surface area (Å²) in [6.07, 6.45) is 0.875. The van der Waals surface area contributed by atoms with Crippen LogP contribution in [0.4, 0.5) is 0 Å². The summed E-state index contributed by atoms with van der Waals surface area (Å²) in [5, 5.41) is 2.73. The molecule has 1 aromatic carbocycles. The van der Waals surface area contributed by atoms with Gasteiger partial charge in [0.05, 0.1) is 12.7 Å². The van der Waals surface area contributed by atoms with Crippen LogP contribution in [0.1, 0.15) is 30.6 Å². The van der Waals surface area contributed by atoms with E-state index in [1.54, 1.807) is 25.1 Å². The minimum atomic E-state index is -0.669. The molecule has 5 nitrogen and oxygen atoms in total. The van der Waals surface area contributed by atoms with Crippen molar-refractivity contribution < 1.29 is 19.1 Å². The van der Waals surface area contributed by atoms with Gasteiger partial charge >= 0.3 is 0 Å². The first-order valence-corrected chi connectivity index (χ1v) is 6.20. The number of rotatable bonds is 7. The van der Waals surface area contributed by atoms with Gasteiger partial charge in [0.25, 0.3) is 5.91 Å². The lowest BCUT2D eigenvalue weighted by molar-refractivity contribution is -0.127. The molecule has 104 valence electrons. The lowest BCUT2D eigenvalue weighted by Gasteiger charge is -2.16. The Morgan fingerprint density at radius 1 is 1.47 bits per heavy atom. The lowest BCUT2D eigenvalue weighted by atomic mass is 10.2. The number of aldehydes is 1. The molecule has 1 rings (SSSR count). The summed E-state index contributed by atoms with van der Waals surface area (Å²) in [7, 11) is 1.52. The summed E-state index contributed by atoms with van der Waals surface area (Å²) in [5.41, 5.74) is 0.385. The van der Waals surface area contributed by atoms with E-state index in [-0.39, 0.29) is 5.91 Å². The first-order valence-electron chi connectivity index (χ1n) is 6.20. The molecule has 1 N–H and O–H groups in total. The average molecular weight is 265 g/mol. The fraction of sp³-hybridized carbons (Fsp3) is 0.429. The Morgan fingerprint density at radius 2 is 2.21 bits per heavy atom. The number of nitrogens with one attached hydrogen (secondary N) is 1. The normalized spacial score (nSPS) is 11.5. The van der Waals surface area contributed by atoms with E-state index < -0.39 is 6.10 Å². The maximum absolute atomic E-state index is 11.7. The average Bonchev–Trinajstić information content (AvgIpc) is 2.44. The van der Waals surface area contributed by atoms with Crippen molar-refractivity contribution >= 4 is 12.2 Å². The van der Waals surface area contributed by atoms with E-state index in [0.29, 0.717) is 29.9 Å². The molecule has 1 atom stereocenters. The van der Waals surface area contributed by atoms with E-state index in [2.05, 4.69) is 5.32 Å². The summed E-state index contributed by atoms with van der Waals surface area (Å²) in [4.78, 5) is 22.6. The molecule has 0 saturated heterocycles. The highest BCUT2D eigenvalue weighted by molar-refractivity contribution is 5.82. The van der Waals surface area contributed by atoms with Gasteiger partial charge in [-0.15, -0.1) is 0 Å². The highest BCUT2D eigenvalue weighted by Gasteiger charge is 2.16. The fourth-order valence-corrected chi connectivity index (χ4v) is 1.48. The number of carbonyl (C=O) groups is 2. The molecule has 0 bridgehead atoms. The topological polar surface area (TPSA) is 64.6 Å². The third kappa shape index (κ3) is 4.28. The van der Waals surface area contributed by atoms with Crippen LogP contribution in [0, 0.1) is 0 Å². The van der Waals surface area contributed by atoms with Crippen molar-refractivity contribution in [3.63, 3.8) is 0 Å². The zero-order valence-corrected chi connectivity index (χ0v) is 11.4. The number of benzene rings is 1. The lowest BCUT2D eigenvalue weighted by Crippen LogP contribution is -2.36. The van der Waals surface area contributed by atoms with Crippen LogP contribution >= 0.6 is 0 Å². The highest BCUT2D eigenvalue weighted by Crippen LogP contribution is 2.24. The molecule has 5 heteroatoms. The molecule has 1 unspecified atom stereocenters. The Labute approximate surface area is 112 Å². The zero-order valence-electron chi connectivity index (χ0n) is 11.4. The van der Waals surface area contributed by atoms with Crippen molar-refractivity contribution in [1.82, 2.24) is 5.32 Å². The van der Waals surface area contributed by atoms with Crippen molar-refractivity contribution in [1.29, 1.82) is 0 Å². The van der Waals surface area contributed by atoms with Gasteiger partial charge in [0.2, 0.25) is 0 Å². The van der Waals surface area contributed by atoms with E-state index in [9.17, 15) is 9.59 Å². The number of amides is 1. The molecule has 0 aliphatic carbocycles. The van der Waals surface area contributed by atoms with Crippen LogP contribution in [0.2, 0.25) is 0 Å². The molecule has 0 saturated carbocycles. The molecular formula is C14H19NO4. The number of methoxy groups -OCH3 is 1. The van der Waals surface area contributed by atoms with Gasteiger partial charge in [-0.1, -0.05) is 6.92 Å². The van der Waals surface area contributed by atoms with Crippen LogP contribution in [-0.4, -0.2) is 32.0 Å². The zero-order chi connectivity index (χ0) is 14.3. The molecule has 19 heavy (non-hydrogen) atoms. The fourth-order valence-electron chi connectivity index (χ4n) is 1.48. The van der Waals surface area contributed by atoms with Gasteiger partial charge in [0.15, 0.2) is 12.4 Å². The van der Waals surface area contributed by atoms with E-state index >= 15 is 0 Å². The van der Waals surface area contributed by atoms with Gasteiger partial charge in [0, 0.05) is 12.6 Å². The Hall–Kier alpha value is -2.04. The summed E-state index contributed by atoms with van der Waals surface area (Å²) in [5.74, 6) is 0.705. The summed E-state index contributed by atoms with van der Waals surface area (Å²) in [6, 6.07) is 4.85. The van der Waals surface area contributed by atoms with Gasteiger partial charge in [-0.05, 0) is 25.5 Å². The third-order valence-electron chi connectivity index (χ3n) is 2.57. The SMILES string of the molecule is CCCNC(=O)C(C)Oc1cc(OC)ccc1C=O. The quantitative estimate of drug-likeness (QED) is 0.763. The Balaban J connectivity index is 2.79. The number of hydrogen-bond acceptors (Lipinski definition) is 4. The van der Waals surface area contributed by atoms with Crippen molar-refractivity contribution in [3.8, 4) is 11.5 Å². The Kier molecular flexibility index (Phi) is 5.85. The largest absolute Gasteiger partial charge is 0.497 e. The second-order valence-electron chi connectivity index (χ2n) is 4.07. The second kappa shape index (κ2) is 7.41. The molecule has 0 aliphatic heterocycles. The van der Waals surface area contributed by atoms with Crippen molar-refractivity contribution in [3.05, 3.63) is 23.8 Å². The monoisotopic (exact) mass is 265 g/mol. The molecule has 0 aliphatic rings. The van der Waals surface area contributed by atoms with Gasteiger partial charge in [-0.3, -0.25) is 9.59 Å². The predicted octanol–water partition coefficient (Wildman–Crippen LogP) is 1.80. The van der Waals surface area contributed by atoms with Crippen molar-refractivity contribution in [2.24, 2.45) is 0 Å². The van der Waals surface area contributed by atoms with E-state index in [0.717, 1.165) is 6.42 Å².